The fraction of sp³-hybridized carbons (Fsp3) is 0.0588. The van der Waals surface area contributed by atoms with Crippen LogP contribution < -0.4 is 5.32 Å². The zero-order valence-electron chi connectivity index (χ0n) is 12.8. The molecule has 0 aliphatic carbocycles. The number of carboxylic acid groups (broad SMARTS) is 1. The molecule has 0 amide bonds. The molecule has 7 nitrogen and oxygen atoms in total. The lowest BCUT2D eigenvalue weighted by atomic mass is 10.1. The van der Waals surface area contributed by atoms with Crippen molar-refractivity contribution < 1.29 is 9.90 Å². The van der Waals surface area contributed by atoms with Gasteiger partial charge in [-0.15, -0.1) is 0 Å². The molecular formula is C17H13N5O2. The molecule has 2 aromatic carbocycles. The number of fused-ring (bicyclic) bond motifs is 3. The highest BCUT2D eigenvalue weighted by molar-refractivity contribution is 6.10. The summed E-state index contributed by atoms with van der Waals surface area (Å²) < 4.78 is 1.54. The lowest BCUT2D eigenvalue weighted by Gasteiger charge is -2.06. The highest BCUT2D eigenvalue weighted by Gasteiger charge is 2.17. The van der Waals surface area contributed by atoms with Gasteiger partial charge >= 0.3 is 5.97 Å². The second kappa shape index (κ2) is 5.31. The molecule has 4 aromatic rings. The average Bonchev–Trinajstić information content (AvgIpc) is 2.93. The van der Waals surface area contributed by atoms with E-state index in [9.17, 15) is 9.90 Å². The SMILES string of the molecule is Cn1nc(C(=O)O)c2ccc3cnc(Nc4ccccc4)nc3c21. The first-order valence-electron chi connectivity index (χ1n) is 7.31. The molecule has 2 aromatic heterocycles. The zero-order chi connectivity index (χ0) is 16.7. The molecule has 4 rings (SSSR count). The van der Waals surface area contributed by atoms with E-state index in [1.54, 1.807) is 30.1 Å². The van der Waals surface area contributed by atoms with Gasteiger partial charge in [0, 0.05) is 29.7 Å². The first-order valence-corrected chi connectivity index (χ1v) is 7.31. The summed E-state index contributed by atoms with van der Waals surface area (Å²) in [5.41, 5.74) is 2.22. The second-order valence-corrected chi connectivity index (χ2v) is 5.36. The van der Waals surface area contributed by atoms with Gasteiger partial charge in [0.25, 0.3) is 0 Å². The Hall–Kier alpha value is -3.48. The normalized spacial score (nSPS) is 11.0. The predicted molar refractivity (Wildman–Crippen MR) is 90.5 cm³/mol. The number of benzene rings is 2. The largest absolute Gasteiger partial charge is 0.476 e. The van der Waals surface area contributed by atoms with Crippen molar-refractivity contribution in [3.63, 3.8) is 0 Å². The first kappa shape index (κ1) is 14.1. The molecule has 0 atom stereocenters. The third kappa shape index (κ3) is 2.23. The van der Waals surface area contributed by atoms with Crippen LogP contribution in [-0.2, 0) is 7.05 Å². The highest BCUT2D eigenvalue weighted by Crippen LogP contribution is 2.27. The molecule has 2 N–H and O–H groups in total. The molecule has 2 heterocycles. The van der Waals surface area contributed by atoms with Gasteiger partial charge in [-0.2, -0.15) is 5.10 Å². The fourth-order valence-electron chi connectivity index (χ4n) is 2.72. The van der Waals surface area contributed by atoms with E-state index in [4.69, 9.17) is 0 Å². The van der Waals surface area contributed by atoms with Crippen molar-refractivity contribution in [1.29, 1.82) is 0 Å². The Morgan fingerprint density at radius 2 is 1.96 bits per heavy atom. The summed E-state index contributed by atoms with van der Waals surface area (Å²) in [4.78, 5) is 20.2. The van der Waals surface area contributed by atoms with E-state index in [0.29, 0.717) is 22.4 Å². The predicted octanol–water partition coefficient (Wildman–Crippen LogP) is 2.96. The Bertz CT molecular complexity index is 1070. The first-order chi connectivity index (χ1) is 11.6. The molecule has 0 saturated heterocycles. The maximum atomic E-state index is 11.4. The van der Waals surface area contributed by atoms with Crippen LogP contribution in [0.5, 0.6) is 0 Å². The number of anilines is 2. The number of carboxylic acids is 1. The van der Waals surface area contributed by atoms with E-state index in [-0.39, 0.29) is 5.69 Å². The van der Waals surface area contributed by atoms with Gasteiger partial charge in [0.1, 0.15) is 5.52 Å². The molecule has 0 aliphatic heterocycles. The number of nitrogens with zero attached hydrogens (tertiary/aromatic N) is 4. The van der Waals surface area contributed by atoms with Crippen molar-refractivity contribution in [2.24, 2.45) is 7.05 Å². The Morgan fingerprint density at radius 3 is 2.71 bits per heavy atom. The number of rotatable bonds is 3. The van der Waals surface area contributed by atoms with Crippen LogP contribution in [0.3, 0.4) is 0 Å². The van der Waals surface area contributed by atoms with Crippen molar-refractivity contribution in [3.05, 3.63) is 54.4 Å². The van der Waals surface area contributed by atoms with E-state index < -0.39 is 5.97 Å². The van der Waals surface area contributed by atoms with E-state index in [1.165, 1.54) is 0 Å². The van der Waals surface area contributed by atoms with Crippen LogP contribution in [0.1, 0.15) is 10.5 Å². The zero-order valence-corrected chi connectivity index (χ0v) is 12.8. The molecule has 24 heavy (non-hydrogen) atoms. The van der Waals surface area contributed by atoms with Crippen LogP contribution in [0, 0.1) is 0 Å². The topological polar surface area (TPSA) is 92.9 Å². The number of aryl methyl sites for hydroxylation is 1. The summed E-state index contributed by atoms with van der Waals surface area (Å²) in [7, 11) is 1.71. The Kier molecular flexibility index (Phi) is 3.13. The molecule has 0 bridgehead atoms. The number of para-hydroxylation sites is 1. The van der Waals surface area contributed by atoms with Crippen LogP contribution >= 0.6 is 0 Å². The molecule has 0 fully saturated rings. The average molecular weight is 319 g/mol. The maximum absolute atomic E-state index is 11.4. The van der Waals surface area contributed by atoms with Crippen LogP contribution in [0.4, 0.5) is 11.6 Å². The Labute approximate surface area is 136 Å². The molecule has 0 unspecified atom stereocenters. The standard InChI is InChI=1S/C17H13N5O2/c1-22-15-12(14(21-22)16(23)24)8-7-10-9-18-17(20-13(10)15)19-11-5-3-2-4-6-11/h2-9H,1H3,(H,23,24)(H,18,19,20). The Balaban J connectivity index is 1.91. The van der Waals surface area contributed by atoms with E-state index in [1.807, 2.05) is 30.3 Å². The minimum Gasteiger partial charge on any atom is -0.476 e. The third-order valence-electron chi connectivity index (χ3n) is 3.79. The molecule has 0 aliphatic rings. The minimum absolute atomic E-state index is 0.0191. The van der Waals surface area contributed by atoms with Gasteiger partial charge in [-0.25, -0.2) is 14.8 Å². The van der Waals surface area contributed by atoms with Crippen molar-refractivity contribution >= 4 is 39.4 Å². The van der Waals surface area contributed by atoms with Gasteiger partial charge in [-0.1, -0.05) is 24.3 Å². The summed E-state index contributed by atoms with van der Waals surface area (Å²) in [6.45, 7) is 0. The summed E-state index contributed by atoms with van der Waals surface area (Å²) in [5, 5.41) is 17.9. The monoisotopic (exact) mass is 319 g/mol. The molecule has 0 spiro atoms. The summed E-state index contributed by atoms with van der Waals surface area (Å²) in [6.07, 6.45) is 1.71. The van der Waals surface area contributed by atoms with Crippen molar-refractivity contribution in [1.82, 2.24) is 19.7 Å². The molecule has 0 radical (unpaired) electrons. The molecular weight excluding hydrogens is 306 g/mol. The van der Waals surface area contributed by atoms with Gasteiger partial charge in [0.2, 0.25) is 5.95 Å². The van der Waals surface area contributed by atoms with Crippen molar-refractivity contribution in [2.45, 2.75) is 0 Å². The summed E-state index contributed by atoms with van der Waals surface area (Å²) in [6, 6.07) is 13.1. The highest BCUT2D eigenvalue weighted by atomic mass is 16.4. The molecule has 118 valence electrons. The second-order valence-electron chi connectivity index (χ2n) is 5.36. The van der Waals surface area contributed by atoms with Crippen molar-refractivity contribution in [2.75, 3.05) is 5.32 Å². The van der Waals surface area contributed by atoms with Crippen molar-refractivity contribution in [3.8, 4) is 0 Å². The van der Waals surface area contributed by atoms with Crippen LogP contribution in [0.25, 0.3) is 21.8 Å². The summed E-state index contributed by atoms with van der Waals surface area (Å²) >= 11 is 0. The third-order valence-corrected chi connectivity index (χ3v) is 3.79. The lowest BCUT2D eigenvalue weighted by molar-refractivity contribution is 0.0691. The lowest BCUT2D eigenvalue weighted by Crippen LogP contribution is -1.99. The van der Waals surface area contributed by atoms with Crippen LogP contribution in [0.15, 0.2) is 48.7 Å². The van der Waals surface area contributed by atoms with Crippen LogP contribution in [-0.4, -0.2) is 30.8 Å². The number of nitrogens with one attached hydrogen (secondary N) is 1. The number of aromatic carboxylic acids is 1. The van der Waals surface area contributed by atoms with Gasteiger partial charge in [-0.3, -0.25) is 4.68 Å². The fourth-order valence-corrected chi connectivity index (χ4v) is 2.72. The van der Waals surface area contributed by atoms with Crippen LogP contribution in [0.2, 0.25) is 0 Å². The number of hydrogen-bond acceptors (Lipinski definition) is 5. The van der Waals surface area contributed by atoms with Gasteiger partial charge in [0.15, 0.2) is 5.69 Å². The molecule has 0 saturated carbocycles. The maximum Gasteiger partial charge on any atom is 0.357 e. The van der Waals surface area contributed by atoms with E-state index in [0.717, 1.165) is 11.1 Å². The number of aromatic nitrogens is 4. The quantitative estimate of drug-likeness (QED) is 0.603. The number of carbonyl (C=O) groups is 1. The Morgan fingerprint density at radius 1 is 1.17 bits per heavy atom. The smallest absolute Gasteiger partial charge is 0.357 e. The number of hydrogen-bond donors (Lipinski definition) is 2. The van der Waals surface area contributed by atoms with Gasteiger partial charge in [0.05, 0.1) is 5.52 Å². The molecule has 7 heteroatoms. The van der Waals surface area contributed by atoms with Gasteiger partial charge < -0.3 is 10.4 Å². The van der Waals surface area contributed by atoms with Gasteiger partial charge in [-0.05, 0) is 18.2 Å². The minimum atomic E-state index is -1.06. The summed E-state index contributed by atoms with van der Waals surface area (Å²) in [5.74, 6) is -0.615. The van der Waals surface area contributed by atoms with E-state index in [2.05, 4.69) is 20.4 Å². The van der Waals surface area contributed by atoms with E-state index >= 15 is 0 Å².